The average Bonchev–Trinajstić information content (AvgIpc) is 3.21. The number of hydrogen-bond donors (Lipinski definition) is 1. The highest BCUT2D eigenvalue weighted by Gasteiger charge is 2.26. The van der Waals surface area contributed by atoms with Gasteiger partial charge in [-0.15, -0.1) is 0 Å². The predicted molar refractivity (Wildman–Crippen MR) is 128 cm³/mol. The van der Waals surface area contributed by atoms with Crippen molar-refractivity contribution in [1.29, 1.82) is 0 Å². The van der Waals surface area contributed by atoms with Gasteiger partial charge in [-0.05, 0) is 61.2 Å². The second-order valence-electron chi connectivity index (χ2n) is 8.44. The molecule has 0 bridgehead atoms. The zero-order chi connectivity index (χ0) is 21.6. The van der Waals surface area contributed by atoms with E-state index in [1.807, 2.05) is 60.4 Å². The van der Waals surface area contributed by atoms with Gasteiger partial charge in [0.1, 0.15) is 0 Å². The molecule has 3 aromatic rings. The number of halogens is 1. The summed E-state index contributed by atoms with van der Waals surface area (Å²) in [4.78, 5) is 15.4. The molecule has 1 saturated carbocycles. The number of nitrogens with one attached hydrogen (secondary N) is 1. The number of aromatic nitrogens is 1. The number of rotatable bonds is 6. The van der Waals surface area contributed by atoms with Gasteiger partial charge in [-0.2, -0.15) is 0 Å². The van der Waals surface area contributed by atoms with E-state index in [-0.39, 0.29) is 12.1 Å². The Labute approximate surface area is 189 Å². The van der Waals surface area contributed by atoms with E-state index in [0.29, 0.717) is 13.1 Å². The number of amides is 2. The van der Waals surface area contributed by atoms with Gasteiger partial charge in [-0.1, -0.05) is 61.2 Å². The third-order valence-electron chi connectivity index (χ3n) is 6.10. The lowest BCUT2D eigenvalue weighted by molar-refractivity contribution is 0.161. The van der Waals surface area contributed by atoms with Crippen LogP contribution in [0.1, 0.15) is 48.9 Å². The van der Waals surface area contributed by atoms with E-state index < -0.39 is 0 Å². The second kappa shape index (κ2) is 10.1. The van der Waals surface area contributed by atoms with Crippen molar-refractivity contribution in [3.05, 3.63) is 88.7 Å². The fraction of sp³-hybridized carbons (Fsp3) is 0.346. The number of hydrogen-bond acceptors (Lipinski definition) is 1. The smallest absolute Gasteiger partial charge is 0.322 e. The van der Waals surface area contributed by atoms with Crippen molar-refractivity contribution in [3.63, 3.8) is 0 Å². The Morgan fingerprint density at radius 2 is 1.87 bits per heavy atom. The van der Waals surface area contributed by atoms with Gasteiger partial charge in [0.15, 0.2) is 0 Å². The van der Waals surface area contributed by atoms with Gasteiger partial charge >= 0.3 is 6.03 Å². The van der Waals surface area contributed by atoms with Gasteiger partial charge in [-0.25, -0.2) is 4.79 Å². The molecular weight excluding hydrogens is 406 g/mol. The predicted octanol–water partition coefficient (Wildman–Crippen LogP) is 6.87. The third-order valence-corrected chi connectivity index (χ3v) is 6.47. The number of carbonyl (C=O) groups is 1. The van der Waals surface area contributed by atoms with Gasteiger partial charge in [0.25, 0.3) is 0 Å². The highest BCUT2D eigenvalue weighted by molar-refractivity contribution is 6.31. The molecule has 0 unspecified atom stereocenters. The molecule has 1 N–H and O–H groups in total. The monoisotopic (exact) mass is 435 g/mol. The number of benzene rings is 2. The molecule has 0 radical (unpaired) electrons. The third kappa shape index (κ3) is 5.50. The van der Waals surface area contributed by atoms with Crippen molar-refractivity contribution >= 4 is 23.3 Å². The van der Waals surface area contributed by atoms with Crippen LogP contribution in [0.2, 0.25) is 5.02 Å². The summed E-state index contributed by atoms with van der Waals surface area (Å²) in [5, 5.41) is 3.89. The van der Waals surface area contributed by atoms with E-state index in [9.17, 15) is 4.79 Å². The molecule has 4 rings (SSSR count). The van der Waals surface area contributed by atoms with Crippen molar-refractivity contribution in [1.82, 2.24) is 9.47 Å². The fourth-order valence-corrected chi connectivity index (χ4v) is 4.60. The number of anilines is 1. The van der Waals surface area contributed by atoms with E-state index in [2.05, 4.69) is 28.2 Å². The van der Waals surface area contributed by atoms with E-state index >= 15 is 0 Å². The molecule has 0 aliphatic heterocycles. The molecule has 2 aromatic carbocycles. The quantitative estimate of drug-likeness (QED) is 0.450. The van der Waals surface area contributed by atoms with Crippen LogP contribution in [0.15, 0.2) is 66.9 Å². The largest absolute Gasteiger partial charge is 0.345 e. The molecular formula is C26H30ClN3O. The normalized spacial score (nSPS) is 14.4. The lowest BCUT2D eigenvalue weighted by atomic mass is 9.94. The van der Waals surface area contributed by atoms with Gasteiger partial charge in [0.2, 0.25) is 0 Å². The summed E-state index contributed by atoms with van der Waals surface area (Å²) >= 11 is 6.39. The molecule has 5 heteroatoms. The molecule has 1 aliphatic rings. The molecule has 31 heavy (non-hydrogen) atoms. The van der Waals surface area contributed by atoms with Gasteiger partial charge in [-0.3, -0.25) is 0 Å². The van der Waals surface area contributed by atoms with Crippen LogP contribution in [0.3, 0.4) is 0 Å². The topological polar surface area (TPSA) is 37.3 Å². The maximum absolute atomic E-state index is 13.4. The minimum absolute atomic E-state index is 0.0250. The summed E-state index contributed by atoms with van der Waals surface area (Å²) in [5.41, 5.74) is 4.17. The number of aryl methyl sites for hydroxylation is 1. The summed E-state index contributed by atoms with van der Waals surface area (Å²) in [5.74, 6) is 0. The molecule has 2 amide bonds. The minimum Gasteiger partial charge on any atom is -0.345 e. The Balaban J connectivity index is 1.55. The molecule has 0 atom stereocenters. The van der Waals surface area contributed by atoms with Crippen LogP contribution < -0.4 is 5.32 Å². The summed E-state index contributed by atoms with van der Waals surface area (Å²) in [6.45, 7) is 3.32. The maximum Gasteiger partial charge on any atom is 0.322 e. The SMILES string of the molecule is Cc1cccc(NC(=O)N(Cc2cccn2Cc2ccccc2Cl)C2CCCCC2)c1. The first-order chi connectivity index (χ1) is 15.1. The van der Waals surface area contributed by atoms with E-state index in [1.54, 1.807) is 0 Å². The van der Waals surface area contributed by atoms with Crippen LogP contribution in [-0.2, 0) is 13.1 Å². The van der Waals surface area contributed by atoms with Gasteiger partial charge < -0.3 is 14.8 Å². The zero-order valence-corrected chi connectivity index (χ0v) is 18.8. The average molecular weight is 436 g/mol. The first-order valence-corrected chi connectivity index (χ1v) is 11.5. The molecule has 1 aliphatic carbocycles. The first kappa shape index (κ1) is 21.5. The molecule has 0 saturated heterocycles. The van der Waals surface area contributed by atoms with E-state index in [4.69, 9.17) is 11.6 Å². The highest BCUT2D eigenvalue weighted by Crippen LogP contribution is 2.26. The van der Waals surface area contributed by atoms with Gasteiger partial charge in [0, 0.05) is 35.2 Å². The molecule has 1 fully saturated rings. The summed E-state index contributed by atoms with van der Waals surface area (Å²) in [6.07, 6.45) is 7.81. The van der Waals surface area contributed by atoms with Crippen molar-refractivity contribution in [2.75, 3.05) is 5.32 Å². The van der Waals surface area contributed by atoms with Crippen LogP contribution in [0.5, 0.6) is 0 Å². The second-order valence-corrected chi connectivity index (χ2v) is 8.85. The van der Waals surface area contributed by atoms with Crippen LogP contribution >= 0.6 is 11.6 Å². The Morgan fingerprint density at radius 3 is 2.65 bits per heavy atom. The van der Waals surface area contributed by atoms with Gasteiger partial charge in [0.05, 0.1) is 6.54 Å². The number of carbonyl (C=O) groups excluding carboxylic acids is 1. The van der Waals surface area contributed by atoms with Crippen molar-refractivity contribution in [2.45, 2.75) is 58.2 Å². The van der Waals surface area contributed by atoms with Crippen molar-refractivity contribution in [2.24, 2.45) is 0 Å². The molecule has 1 heterocycles. The maximum atomic E-state index is 13.4. The molecule has 1 aromatic heterocycles. The van der Waals surface area contributed by atoms with Crippen molar-refractivity contribution in [3.8, 4) is 0 Å². The fourth-order valence-electron chi connectivity index (χ4n) is 4.41. The lowest BCUT2D eigenvalue weighted by Gasteiger charge is -2.34. The lowest BCUT2D eigenvalue weighted by Crippen LogP contribution is -2.43. The standard InChI is InChI=1S/C26H30ClN3O/c1-20-9-7-11-22(17-20)28-26(31)30(23-12-3-2-4-13-23)19-24-14-8-16-29(24)18-21-10-5-6-15-25(21)27/h5-11,14-17,23H,2-4,12-13,18-19H2,1H3,(H,28,31). The summed E-state index contributed by atoms with van der Waals surface area (Å²) in [6, 6.07) is 20.3. The summed E-state index contributed by atoms with van der Waals surface area (Å²) in [7, 11) is 0. The zero-order valence-electron chi connectivity index (χ0n) is 18.1. The van der Waals surface area contributed by atoms with Crippen LogP contribution in [0, 0.1) is 6.92 Å². The molecule has 4 nitrogen and oxygen atoms in total. The van der Waals surface area contributed by atoms with Crippen molar-refractivity contribution < 1.29 is 4.79 Å². The molecule has 162 valence electrons. The van der Waals surface area contributed by atoms with E-state index in [0.717, 1.165) is 40.4 Å². The summed E-state index contributed by atoms with van der Waals surface area (Å²) < 4.78 is 2.19. The van der Waals surface area contributed by atoms with Crippen LogP contribution in [0.4, 0.5) is 10.5 Å². The molecule has 0 spiro atoms. The number of urea groups is 1. The highest BCUT2D eigenvalue weighted by atomic mass is 35.5. The Bertz CT molecular complexity index is 1020. The Hall–Kier alpha value is -2.72. The van der Waals surface area contributed by atoms with Crippen LogP contribution in [-0.4, -0.2) is 21.5 Å². The Morgan fingerprint density at radius 1 is 1.06 bits per heavy atom. The van der Waals surface area contributed by atoms with Crippen LogP contribution in [0.25, 0.3) is 0 Å². The number of nitrogens with zero attached hydrogens (tertiary/aromatic N) is 2. The first-order valence-electron chi connectivity index (χ1n) is 11.1. The Kier molecular flexibility index (Phi) is 6.98. The van der Waals surface area contributed by atoms with E-state index in [1.165, 1.54) is 19.3 Å². The minimum atomic E-state index is -0.0250.